The minimum absolute atomic E-state index is 0.0260. The molecule has 0 saturated heterocycles. The summed E-state index contributed by atoms with van der Waals surface area (Å²) in [5, 5.41) is 3.88. The van der Waals surface area contributed by atoms with Gasteiger partial charge in [-0.2, -0.15) is 0 Å². The minimum atomic E-state index is -0.0260. The predicted molar refractivity (Wildman–Crippen MR) is 63.2 cm³/mol. The number of nitrogens with zero attached hydrogens (tertiary/aromatic N) is 4. The van der Waals surface area contributed by atoms with Crippen LogP contribution in [0.15, 0.2) is 6.33 Å². The van der Waals surface area contributed by atoms with E-state index in [0.717, 1.165) is 0 Å². The van der Waals surface area contributed by atoms with Crippen molar-refractivity contribution in [3.05, 3.63) is 6.33 Å². The summed E-state index contributed by atoms with van der Waals surface area (Å²) >= 11 is 0. The maximum absolute atomic E-state index is 12.0. The van der Waals surface area contributed by atoms with E-state index < -0.39 is 0 Å². The van der Waals surface area contributed by atoms with Gasteiger partial charge >= 0.3 is 0 Å². The molecule has 2 N–H and O–H groups in total. The first-order valence-corrected chi connectivity index (χ1v) is 5.51. The Morgan fingerprint density at radius 2 is 2.41 bits per heavy atom. The van der Waals surface area contributed by atoms with Crippen LogP contribution in [0.3, 0.4) is 0 Å². The summed E-state index contributed by atoms with van der Waals surface area (Å²) in [5.74, 6) is 0.146. The van der Waals surface area contributed by atoms with Crippen LogP contribution in [0.5, 0.6) is 0 Å². The summed E-state index contributed by atoms with van der Waals surface area (Å²) in [6, 6.07) is 0.0402. The van der Waals surface area contributed by atoms with Crippen molar-refractivity contribution in [3.8, 4) is 0 Å². The lowest BCUT2D eigenvalue weighted by Crippen LogP contribution is -2.42. The zero-order chi connectivity index (χ0) is 12.8. The molecule has 96 valence electrons. The molecule has 0 aliphatic heterocycles. The largest absolute Gasteiger partial charge is 0.383 e. The smallest absolute Gasteiger partial charge is 0.244 e. The second kappa shape index (κ2) is 6.19. The quantitative estimate of drug-likeness (QED) is 0.741. The number of carbonyl (C=O) groups excluding carboxylic acids is 1. The van der Waals surface area contributed by atoms with Crippen LogP contribution < -0.4 is 5.73 Å². The molecule has 0 spiro atoms. The molecule has 17 heavy (non-hydrogen) atoms. The van der Waals surface area contributed by atoms with E-state index in [4.69, 9.17) is 10.5 Å². The van der Waals surface area contributed by atoms with Crippen LogP contribution in [0, 0.1) is 0 Å². The zero-order valence-electron chi connectivity index (χ0n) is 10.5. The monoisotopic (exact) mass is 241 g/mol. The van der Waals surface area contributed by atoms with Crippen molar-refractivity contribution in [3.63, 3.8) is 0 Å². The maximum atomic E-state index is 12.0. The number of amides is 1. The van der Waals surface area contributed by atoms with E-state index in [-0.39, 0.29) is 24.4 Å². The predicted octanol–water partition coefficient (Wildman–Crippen LogP) is -0.256. The average Bonchev–Trinajstić information content (AvgIpc) is 2.65. The maximum Gasteiger partial charge on any atom is 0.244 e. The van der Waals surface area contributed by atoms with E-state index in [1.807, 2.05) is 13.8 Å². The molecule has 7 heteroatoms. The second-order valence-corrected chi connectivity index (χ2v) is 3.78. The van der Waals surface area contributed by atoms with Gasteiger partial charge in [0.1, 0.15) is 12.9 Å². The molecule has 1 aromatic rings. The molecule has 0 radical (unpaired) electrons. The summed E-state index contributed by atoms with van der Waals surface area (Å²) in [7, 11) is 1.62. The number of methoxy groups -OCH3 is 1. The average molecular weight is 241 g/mol. The first kappa shape index (κ1) is 13.4. The van der Waals surface area contributed by atoms with Gasteiger partial charge in [-0.15, -0.1) is 5.10 Å². The molecule has 1 heterocycles. The molecular weight excluding hydrogens is 222 g/mol. The number of ether oxygens (including phenoxy) is 1. The molecule has 0 fully saturated rings. The highest BCUT2D eigenvalue weighted by Gasteiger charge is 2.18. The molecule has 1 atom stereocenters. The highest BCUT2D eigenvalue weighted by atomic mass is 16.5. The summed E-state index contributed by atoms with van der Waals surface area (Å²) in [6.45, 7) is 5.17. The fraction of sp³-hybridized carbons (Fsp3) is 0.700. The van der Waals surface area contributed by atoms with Gasteiger partial charge in [-0.05, 0) is 13.8 Å². The lowest BCUT2D eigenvalue weighted by molar-refractivity contribution is -0.134. The van der Waals surface area contributed by atoms with Crippen LogP contribution in [-0.2, 0) is 16.1 Å². The molecular formula is C10H19N5O2. The molecule has 1 unspecified atom stereocenters. The fourth-order valence-corrected chi connectivity index (χ4v) is 1.68. The molecule has 0 bridgehead atoms. The Labute approximate surface area is 101 Å². The van der Waals surface area contributed by atoms with Crippen molar-refractivity contribution in [2.45, 2.75) is 26.4 Å². The molecule has 0 saturated carbocycles. The molecule has 0 aromatic carbocycles. The third-order valence-corrected chi connectivity index (χ3v) is 2.45. The highest BCUT2D eigenvalue weighted by Crippen LogP contribution is 2.02. The van der Waals surface area contributed by atoms with Crippen LogP contribution >= 0.6 is 0 Å². The van der Waals surface area contributed by atoms with Gasteiger partial charge in [0, 0.05) is 13.7 Å². The number of anilines is 1. The molecule has 1 rings (SSSR count). The Bertz CT molecular complexity index is 365. The number of aromatic nitrogens is 3. The first-order chi connectivity index (χ1) is 8.08. The SMILES string of the molecule is CCN(C(=O)Cn1cnc(N)n1)C(C)COC. The van der Waals surface area contributed by atoms with Crippen LogP contribution in [0.25, 0.3) is 0 Å². The number of nitrogen functional groups attached to an aromatic ring is 1. The lowest BCUT2D eigenvalue weighted by Gasteiger charge is -2.27. The Morgan fingerprint density at radius 1 is 1.71 bits per heavy atom. The van der Waals surface area contributed by atoms with Gasteiger partial charge in [0.25, 0.3) is 0 Å². The standard InChI is InChI=1S/C10H19N5O2/c1-4-15(8(2)6-17-3)9(16)5-14-7-12-10(11)13-14/h7-8H,4-6H2,1-3H3,(H2,11,13). The molecule has 1 amide bonds. The number of likely N-dealkylation sites (N-methyl/N-ethyl adjacent to an activating group) is 1. The van der Waals surface area contributed by atoms with Crippen LogP contribution in [0.2, 0.25) is 0 Å². The fourth-order valence-electron chi connectivity index (χ4n) is 1.68. The van der Waals surface area contributed by atoms with E-state index >= 15 is 0 Å². The van der Waals surface area contributed by atoms with Gasteiger partial charge in [0.05, 0.1) is 12.6 Å². The van der Waals surface area contributed by atoms with Crippen molar-refractivity contribution in [1.82, 2.24) is 19.7 Å². The zero-order valence-corrected chi connectivity index (χ0v) is 10.5. The van der Waals surface area contributed by atoms with E-state index in [0.29, 0.717) is 13.2 Å². The minimum Gasteiger partial charge on any atom is -0.383 e. The van der Waals surface area contributed by atoms with Crippen molar-refractivity contribution in [2.24, 2.45) is 0 Å². The van der Waals surface area contributed by atoms with Crippen molar-refractivity contribution >= 4 is 11.9 Å². The normalized spacial score (nSPS) is 12.4. The Hall–Kier alpha value is -1.63. The lowest BCUT2D eigenvalue weighted by atomic mass is 10.3. The van der Waals surface area contributed by atoms with Gasteiger partial charge in [-0.25, -0.2) is 9.67 Å². The summed E-state index contributed by atoms with van der Waals surface area (Å²) in [6.07, 6.45) is 1.45. The second-order valence-electron chi connectivity index (χ2n) is 3.78. The number of hydrogen-bond acceptors (Lipinski definition) is 5. The number of rotatable bonds is 6. The van der Waals surface area contributed by atoms with Gasteiger partial charge < -0.3 is 15.4 Å². The Morgan fingerprint density at radius 3 is 2.88 bits per heavy atom. The summed E-state index contributed by atoms with van der Waals surface area (Å²) in [5.41, 5.74) is 5.38. The summed E-state index contributed by atoms with van der Waals surface area (Å²) < 4.78 is 6.47. The third kappa shape index (κ3) is 3.70. The van der Waals surface area contributed by atoms with Crippen molar-refractivity contribution in [1.29, 1.82) is 0 Å². The Kier molecular flexibility index (Phi) is 4.89. The van der Waals surface area contributed by atoms with E-state index in [9.17, 15) is 4.79 Å². The topological polar surface area (TPSA) is 86.3 Å². The van der Waals surface area contributed by atoms with E-state index in [2.05, 4.69) is 10.1 Å². The van der Waals surface area contributed by atoms with Gasteiger partial charge in [0.15, 0.2) is 0 Å². The van der Waals surface area contributed by atoms with Gasteiger partial charge in [-0.3, -0.25) is 4.79 Å². The van der Waals surface area contributed by atoms with E-state index in [1.165, 1.54) is 11.0 Å². The van der Waals surface area contributed by atoms with Crippen LogP contribution in [-0.4, -0.2) is 51.9 Å². The first-order valence-electron chi connectivity index (χ1n) is 5.51. The number of carbonyl (C=O) groups is 1. The highest BCUT2D eigenvalue weighted by molar-refractivity contribution is 5.76. The summed E-state index contributed by atoms with van der Waals surface area (Å²) in [4.78, 5) is 17.5. The van der Waals surface area contributed by atoms with Gasteiger partial charge in [-0.1, -0.05) is 0 Å². The van der Waals surface area contributed by atoms with Crippen molar-refractivity contribution in [2.75, 3.05) is 26.0 Å². The molecule has 7 nitrogen and oxygen atoms in total. The van der Waals surface area contributed by atoms with E-state index in [1.54, 1.807) is 12.0 Å². The number of nitrogens with two attached hydrogens (primary N) is 1. The van der Waals surface area contributed by atoms with Gasteiger partial charge in [0.2, 0.25) is 11.9 Å². The van der Waals surface area contributed by atoms with Crippen LogP contribution in [0.4, 0.5) is 5.95 Å². The number of hydrogen-bond donors (Lipinski definition) is 1. The third-order valence-electron chi connectivity index (χ3n) is 2.45. The van der Waals surface area contributed by atoms with Crippen LogP contribution in [0.1, 0.15) is 13.8 Å². The molecule has 0 aliphatic rings. The molecule has 0 aliphatic carbocycles. The van der Waals surface area contributed by atoms with Crippen molar-refractivity contribution < 1.29 is 9.53 Å². The molecule has 1 aromatic heterocycles. The Balaban J connectivity index is 2.60.